The predicted octanol–water partition coefficient (Wildman–Crippen LogP) is 4.39. The lowest BCUT2D eigenvalue weighted by atomic mass is 9.94. The molecule has 21 heavy (non-hydrogen) atoms. The first-order chi connectivity index (χ1) is 10.3. The molecule has 0 amide bonds. The van der Waals surface area contributed by atoms with Crippen molar-refractivity contribution < 1.29 is 9.53 Å². The summed E-state index contributed by atoms with van der Waals surface area (Å²) in [5.74, 6) is 0.446. The van der Waals surface area contributed by atoms with Gasteiger partial charge in [-0.2, -0.15) is 0 Å². The molecule has 1 fully saturated rings. The van der Waals surface area contributed by atoms with Crippen LogP contribution in [0.1, 0.15) is 24.8 Å². The summed E-state index contributed by atoms with van der Waals surface area (Å²) >= 11 is 2.33. The molecule has 0 aromatic heterocycles. The van der Waals surface area contributed by atoms with Crippen molar-refractivity contribution in [1.29, 1.82) is 0 Å². The molecule has 0 saturated carbocycles. The Bertz CT molecular complexity index is 459. The van der Waals surface area contributed by atoms with Gasteiger partial charge in [-0.05, 0) is 39.9 Å². The van der Waals surface area contributed by atoms with E-state index in [2.05, 4.69) is 25.5 Å². The Morgan fingerprint density at radius 2 is 2.05 bits per heavy atom. The van der Waals surface area contributed by atoms with E-state index in [1.165, 1.54) is 12.8 Å². The minimum absolute atomic E-state index is 0.251. The molecule has 5 heteroatoms. The fourth-order valence-electron chi connectivity index (χ4n) is 2.35. The summed E-state index contributed by atoms with van der Waals surface area (Å²) in [6.45, 7) is 2.63. The summed E-state index contributed by atoms with van der Waals surface area (Å²) in [5, 5.41) is 0. The number of piperidine rings is 1. The van der Waals surface area contributed by atoms with E-state index in [1.54, 1.807) is 15.2 Å². The normalized spacial score (nSPS) is 17.2. The molecule has 0 unspecified atom stereocenters. The number of esters is 1. The van der Waals surface area contributed by atoms with Crippen molar-refractivity contribution in [2.24, 2.45) is 5.92 Å². The molecule has 1 heterocycles. The maximum absolute atomic E-state index is 11.6. The second-order valence-corrected chi connectivity index (χ2v) is 7.01. The molecule has 2 rings (SSSR count). The van der Waals surface area contributed by atoms with Gasteiger partial charge in [0.25, 0.3) is 0 Å². The molecule has 0 spiro atoms. The van der Waals surface area contributed by atoms with Crippen LogP contribution in [0.2, 0.25) is 0 Å². The number of hydrogen-bond acceptors (Lipinski definition) is 4. The van der Waals surface area contributed by atoms with Gasteiger partial charge in [0.05, 0.1) is 0 Å². The fraction of sp³-hybridized carbons (Fsp3) is 0.438. The molecule has 1 aromatic rings. The van der Waals surface area contributed by atoms with Gasteiger partial charge in [0.2, 0.25) is 0 Å². The molecule has 3 nitrogen and oxygen atoms in total. The summed E-state index contributed by atoms with van der Waals surface area (Å²) < 4.78 is 7.60. The highest BCUT2D eigenvalue weighted by molar-refractivity contribution is 14.2. The first kappa shape index (κ1) is 16.8. The van der Waals surface area contributed by atoms with Gasteiger partial charge < -0.3 is 4.74 Å². The summed E-state index contributed by atoms with van der Waals surface area (Å²) in [5.41, 5.74) is 1.02. The third-order valence-corrected chi connectivity index (χ3v) is 5.85. The smallest absolute Gasteiger partial charge is 0.330 e. The van der Waals surface area contributed by atoms with Gasteiger partial charge >= 0.3 is 5.97 Å². The molecule has 114 valence electrons. The van der Waals surface area contributed by atoms with Crippen molar-refractivity contribution in [3.63, 3.8) is 0 Å². The Balaban J connectivity index is 1.64. The van der Waals surface area contributed by atoms with Gasteiger partial charge in [-0.1, -0.05) is 36.4 Å². The second kappa shape index (κ2) is 9.48. The average Bonchev–Trinajstić information content (AvgIpc) is 2.54. The number of rotatable bonds is 6. The third kappa shape index (κ3) is 6.40. The first-order valence-corrected chi connectivity index (χ1v) is 10.5. The molecular formula is C16H20INO2S. The van der Waals surface area contributed by atoms with Crippen LogP contribution in [-0.2, 0) is 16.1 Å². The summed E-state index contributed by atoms with van der Waals surface area (Å²) in [6, 6.07) is 9.75. The number of ether oxygens (including phenoxy) is 1. The SMILES string of the molecule is O=C(/C=C/CC1CCN(SI)CC1)OCc1ccccc1. The van der Waals surface area contributed by atoms with E-state index in [0.29, 0.717) is 12.5 Å². The number of halogens is 1. The van der Waals surface area contributed by atoms with Crippen molar-refractivity contribution in [3.8, 4) is 0 Å². The quantitative estimate of drug-likeness (QED) is 0.297. The van der Waals surface area contributed by atoms with Crippen LogP contribution in [0.25, 0.3) is 0 Å². The lowest BCUT2D eigenvalue weighted by Gasteiger charge is -2.28. The minimum atomic E-state index is -0.251. The zero-order valence-corrected chi connectivity index (χ0v) is 14.9. The highest BCUT2D eigenvalue weighted by Gasteiger charge is 2.17. The number of allylic oxidation sites excluding steroid dienone is 1. The van der Waals surface area contributed by atoms with Gasteiger partial charge in [-0.15, -0.1) is 0 Å². The van der Waals surface area contributed by atoms with Crippen molar-refractivity contribution in [2.45, 2.75) is 25.9 Å². The van der Waals surface area contributed by atoms with Crippen molar-refractivity contribution in [1.82, 2.24) is 4.31 Å². The molecule has 1 aliphatic rings. The Morgan fingerprint density at radius 3 is 2.71 bits per heavy atom. The molecule has 1 aromatic carbocycles. The number of carbonyl (C=O) groups is 1. The summed E-state index contributed by atoms with van der Waals surface area (Å²) in [4.78, 5) is 11.6. The zero-order valence-electron chi connectivity index (χ0n) is 11.9. The van der Waals surface area contributed by atoms with Gasteiger partial charge in [-0.3, -0.25) is 0 Å². The highest BCUT2D eigenvalue weighted by Crippen LogP contribution is 2.28. The van der Waals surface area contributed by atoms with E-state index in [4.69, 9.17) is 4.74 Å². The molecule has 0 bridgehead atoms. The first-order valence-electron chi connectivity index (χ1n) is 7.19. The van der Waals surface area contributed by atoms with Crippen LogP contribution >= 0.6 is 30.3 Å². The zero-order chi connectivity index (χ0) is 14.9. The molecule has 1 aliphatic heterocycles. The standard InChI is InChI=1S/C16H20INO2S/c17-21-18-11-9-14(10-12-18)7-4-8-16(19)20-13-15-5-2-1-3-6-15/h1-6,8,14H,7,9-13H2/b8-4+. The minimum Gasteiger partial charge on any atom is -0.458 e. The van der Waals surface area contributed by atoms with E-state index in [1.807, 2.05) is 36.4 Å². The monoisotopic (exact) mass is 417 g/mol. The lowest BCUT2D eigenvalue weighted by Crippen LogP contribution is -2.27. The van der Waals surface area contributed by atoms with Gasteiger partial charge in [0.1, 0.15) is 6.61 Å². The van der Waals surface area contributed by atoms with E-state index >= 15 is 0 Å². The summed E-state index contributed by atoms with van der Waals surface area (Å²) in [6.07, 6.45) is 6.92. The van der Waals surface area contributed by atoms with Crippen LogP contribution in [0.5, 0.6) is 0 Å². The highest BCUT2D eigenvalue weighted by atomic mass is 127. The van der Waals surface area contributed by atoms with Gasteiger partial charge in [0, 0.05) is 40.4 Å². The van der Waals surface area contributed by atoms with Crippen LogP contribution in [0.15, 0.2) is 42.5 Å². The second-order valence-electron chi connectivity index (χ2n) is 5.17. The largest absolute Gasteiger partial charge is 0.458 e. The van der Waals surface area contributed by atoms with E-state index in [9.17, 15) is 4.79 Å². The molecule has 0 atom stereocenters. The van der Waals surface area contributed by atoms with Crippen LogP contribution in [-0.4, -0.2) is 23.4 Å². The van der Waals surface area contributed by atoms with Crippen molar-refractivity contribution in [3.05, 3.63) is 48.0 Å². The lowest BCUT2D eigenvalue weighted by molar-refractivity contribution is -0.139. The maximum atomic E-state index is 11.6. The Hall–Kier alpha value is -0.530. The van der Waals surface area contributed by atoms with E-state index in [-0.39, 0.29) is 5.97 Å². The van der Waals surface area contributed by atoms with Crippen LogP contribution in [0, 0.1) is 5.92 Å². The topological polar surface area (TPSA) is 29.5 Å². The van der Waals surface area contributed by atoms with Crippen molar-refractivity contribution >= 4 is 36.3 Å². The van der Waals surface area contributed by atoms with Crippen LogP contribution in [0.3, 0.4) is 0 Å². The van der Waals surface area contributed by atoms with Gasteiger partial charge in [0.15, 0.2) is 0 Å². The molecular weight excluding hydrogens is 397 g/mol. The fourth-order valence-corrected chi connectivity index (χ4v) is 3.88. The summed E-state index contributed by atoms with van der Waals surface area (Å²) in [7, 11) is 1.79. The number of benzene rings is 1. The Kier molecular flexibility index (Phi) is 7.60. The number of nitrogens with zero attached hydrogens (tertiary/aromatic N) is 1. The number of carbonyl (C=O) groups excluding carboxylic acids is 1. The average molecular weight is 417 g/mol. The van der Waals surface area contributed by atoms with Crippen molar-refractivity contribution in [2.75, 3.05) is 13.1 Å². The Morgan fingerprint density at radius 1 is 1.33 bits per heavy atom. The van der Waals surface area contributed by atoms with Gasteiger partial charge in [-0.25, -0.2) is 9.10 Å². The predicted molar refractivity (Wildman–Crippen MR) is 95.9 cm³/mol. The van der Waals surface area contributed by atoms with E-state index < -0.39 is 0 Å². The number of hydrogen-bond donors (Lipinski definition) is 0. The molecule has 1 saturated heterocycles. The van der Waals surface area contributed by atoms with E-state index in [0.717, 1.165) is 25.1 Å². The Labute approximate surface area is 142 Å². The molecule has 0 aliphatic carbocycles. The maximum Gasteiger partial charge on any atom is 0.330 e. The molecule has 0 N–H and O–H groups in total. The van der Waals surface area contributed by atoms with Crippen LogP contribution < -0.4 is 0 Å². The molecule has 0 radical (unpaired) electrons. The third-order valence-electron chi connectivity index (χ3n) is 3.62. The van der Waals surface area contributed by atoms with Crippen LogP contribution in [0.4, 0.5) is 0 Å².